The molecule has 0 radical (unpaired) electrons. The van der Waals surface area contributed by atoms with Gasteiger partial charge in [-0.1, -0.05) is 10.3 Å². The fraction of sp³-hybridized carbons (Fsp3) is 0.435. The second-order valence-electron chi connectivity index (χ2n) is 20.7. The molecule has 8 amide bonds. The Kier molecular flexibility index (Phi) is 23.6. The molecule has 0 aliphatic carbocycles. The van der Waals surface area contributed by atoms with E-state index < -0.39 is 115 Å². The summed E-state index contributed by atoms with van der Waals surface area (Å²) >= 11 is 3.93. The van der Waals surface area contributed by atoms with E-state index in [2.05, 4.69) is 60.9 Å². The molecule has 2 saturated heterocycles. The number of anilines is 6. The lowest BCUT2D eigenvalue weighted by atomic mass is 10.0. The second-order valence-corrected chi connectivity index (χ2v) is 25.3. The minimum Gasteiger partial charge on any atom is -0.759 e. The fourth-order valence-electron chi connectivity index (χ4n) is 8.28. The first-order valence-corrected chi connectivity index (χ1v) is 31.8. The molecular weight excluding hydrogens is 1370 g/mol. The van der Waals surface area contributed by atoms with Gasteiger partial charge in [0.25, 0.3) is 23.6 Å². The van der Waals surface area contributed by atoms with E-state index in [1.165, 1.54) is 73.0 Å². The number of amides is 8. The van der Waals surface area contributed by atoms with E-state index in [1.807, 2.05) is 0 Å². The van der Waals surface area contributed by atoms with Gasteiger partial charge < -0.3 is 94.9 Å². The van der Waals surface area contributed by atoms with Crippen LogP contribution in [-0.2, 0) is 85.6 Å². The van der Waals surface area contributed by atoms with Gasteiger partial charge in [0.05, 0.1) is 14.1 Å². The summed E-state index contributed by atoms with van der Waals surface area (Å²) in [5.74, 6) is -8.56. The van der Waals surface area contributed by atoms with Crippen LogP contribution in [-0.4, -0.2) is 219 Å². The third-order valence-electron chi connectivity index (χ3n) is 13.2. The van der Waals surface area contributed by atoms with Crippen LogP contribution in [0.3, 0.4) is 0 Å². The van der Waals surface area contributed by atoms with Crippen LogP contribution in [0.2, 0.25) is 0 Å². The van der Waals surface area contributed by atoms with Crippen LogP contribution in [0, 0.1) is 0 Å². The quantitative estimate of drug-likeness (QED) is 0.00775. The zero-order chi connectivity index (χ0) is 70.9. The number of thioether (sulfide) groups is 2. The highest BCUT2D eigenvalue weighted by Crippen LogP contribution is 2.42. The number of oxime groups is 2. The highest BCUT2D eigenvalue weighted by molar-refractivity contribution is 8.00. The molecule has 516 valence electrons. The lowest BCUT2D eigenvalue weighted by molar-refractivity contribution is -0.765. The van der Waals surface area contributed by atoms with Gasteiger partial charge in [-0.25, -0.2) is 28.8 Å². The van der Waals surface area contributed by atoms with Gasteiger partial charge >= 0.3 is 35.9 Å². The molecule has 0 unspecified atom stereocenters. The number of nitrogen functional groups attached to an aromatic ring is 4. The fourth-order valence-corrected chi connectivity index (χ4v) is 11.8. The van der Waals surface area contributed by atoms with Crippen molar-refractivity contribution in [1.82, 2.24) is 59.1 Å². The normalized spacial score (nSPS) is 17.8. The number of aliphatic carboxylic acids is 4. The van der Waals surface area contributed by atoms with Gasteiger partial charge in [0.2, 0.25) is 46.7 Å². The maximum Gasteiger partial charge on any atom is 0.352 e. The molecule has 2 fully saturated rings. The van der Waals surface area contributed by atoms with Crippen molar-refractivity contribution in [3.8, 4) is 0 Å². The van der Waals surface area contributed by atoms with Crippen molar-refractivity contribution in [2.45, 2.75) is 74.8 Å². The predicted molar refractivity (Wildman–Crippen MR) is 329 cm³/mol. The number of carboxylic acid groups (broad SMARTS) is 4. The number of carbonyl (C=O) groups excluding carboxylic acids is 6. The molecule has 49 heteroatoms. The maximum absolute atomic E-state index is 13.3. The zero-order valence-corrected chi connectivity index (χ0v) is 54.4. The van der Waals surface area contributed by atoms with E-state index in [0.29, 0.717) is 11.1 Å². The van der Waals surface area contributed by atoms with Gasteiger partial charge in [0.1, 0.15) is 34.2 Å². The van der Waals surface area contributed by atoms with Crippen LogP contribution in [0.25, 0.3) is 0 Å². The molecule has 8 rings (SSSR count). The third-order valence-corrected chi connectivity index (χ3v) is 17.0. The lowest BCUT2D eigenvalue weighted by Gasteiger charge is -2.49. The summed E-state index contributed by atoms with van der Waals surface area (Å²) in [7, 11) is -1.94. The van der Waals surface area contributed by atoms with Gasteiger partial charge in [-0.05, 0) is 27.7 Å². The summed E-state index contributed by atoms with van der Waals surface area (Å²) in [6, 6.07) is -3.36. The van der Waals surface area contributed by atoms with Crippen molar-refractivity contribution >= 4 is 161 Å². The summed E-state index contributed by atoms with van der Waals surface area (Å²) in [6.45, 7) is 5.85. The van der Waals surface area contributed by atoms with E-state index in [1.54, 1.807) is 23.5 Å². The van der Waals surface area contributed by atoms with E-state index in [4.69, 9.17) is 61.6 Å². The number of hydrogen-bond donors (Lipinski definition) is 16. The van der Waals surface area contributed by atoms with Crippen molar-refractivity contribution in [3.63, 3.8) is 0 Å². The summed E-state index contributed by atoms with van der Waals surface area (Å²) in [4.78, 5) is 145. The maximum atomic E-state index is 13.3. The topological polar surface area (TPSA) is 679 Å². The van der Waals surface area contributed by atoms with Crippen LogP contribution in [0.1, 0.15) is 39.3 Å². The highest BCUT2D eigenvalue weighted by atomic mass is 32.3. The van der Waals surface area contributed by atoms with Crippen LogP contribution >= 0.6 is 46.6 Å². The Bertz CT molecular complexity index is 3730. The van der Waals surface area contributed by atoms with Crippen molar-refractivity contribution in [3.05, 3.63) is 46.6 Å². The third kappa shape index (κ3) is 17.8. The molecule has 0 saturated carbocycles. The number of nitrogens with zero attached hydrogens (tertiary/aromatic N) is 12. The van der Waals surface area contributed by atoms with Crippen LogP contribution < -0.4 is 75.7 Å². The lowest BCUT2D eigenvalue weighted by Crippen LogP contribution is -2.71. The van der Waals surface area contributed by atoms with Crippen molar-refractivity contribution in [1.29, 1.82) is 0 Å². The zero-order valence-electron chi connectivity index (χ0n) is 50.3. The predicted octanol–water partition coefficient (Wildman–Crippen LogP) is -6.48. The summed E-state index contributed by atoms with van der Waals surface area (Å²) < 4.78 is 48.1. The molecule has 95 heavy (non-hydrogen) atoms. The Morgan fingerprint density at radius 1 is 0.653 bits per heavy atom. The molecule has 22 N–H and O–H groups in total. The number of carbonyl (C=O) groups is 10. The Hall–Kier alpha value is -10.0. The molecule has 0 bridgehead atoms. The molecule has 0 spiro atoms. The molecule has 8 heterocycles. The first-order valence-electron chi connectivity index (χ1n) is 26.8. The van der Waals surface area contributed by atoms with E-state index in [9.17, 15) is 68.4 Å². The average molecular weight is 1430 g/mol. The Balaban J connectivity index is 0.000000281. The smallest absolute Gasteiger partial charge is 0.352 e. The SMILES string of the molecule is Cn1c(N)c(NC(=O)NCCN)c[n+]1CC1=C(C(=O)O)N2C(=O)[C@@H](NC(=O)/C(=N\OC(C)(C)C(=O)O)c3nsc(N)n3)[C@H]2SC1.Cn1c(N)c(NC(=O)NCCN)c[n+]1CC1=C(C(=O)O)N2C(=O)[C@@H](NC(=O)/C(=N\OC(C)(C)C(=O)O)c3nsc(N)n3)[C@H]2SC1.O=S(=O)([O-])[O-]. The van der Waals surface area contributed by atoms with Crippen molar-refractivity contribution in [2.24, 2.45) is 35.9 Å². The molecule has 4 aliphatic heterocycles. The Morgan fingerprint density at radius 2 is 0.989 bits per heavy atom. The van der Waals surface area contributed by atoms with E-state index >= 15 is 0 Å². The number of aromatic nitrogens is 8. The number of nitrogens with one attached hydrogen (secondary N) is 6. The number of urea groups is 2. The molecule has 44 nitrogen and oxygen atoms in total. The average Bonchev–Trinajstić information content (AvgIpc) is 0.766. The van der Waals surface area contributed by atoms with Crippen molar-refractivity contribution in [2.75, 3.05) is 71.3 Å². The molecule has 4 aromatic rings. The summed E-state index contributed by atoms with van der Waals surface area (Å²) in [6.07, 6.45) is 3.05. The van der Waals surface area contributed by atoms with Gasteiger partial charge in [0.15, 0.2) is 46.4 Å². The number of hydrogen-bond acceptors (Lipinski definition) is 32. The van der Waals surface area contributed by atoms with E-state index in [0.717, 1.165) is 32.9 Å². The van der Waals surface area contributed by atoms with Crippen molar-refractivity contribution < 1.29 is 105 Å². The monoisotopic (exact) mass is 1430 g/mol. The van der Waals surface area contributed by atoms with Crippen LogP contribution in [0.5, 0.6) is 0 Å². The molecular formula is C46H62N24O20S5. The molecule has 4 aliphatic rings. The van der Waals surface area contributed by atoms with Gasteiger partial charge in [0, 0.05) is 82.3 Å². The first kappa shape index (κ1) is 74.0. The first-order chi connectivity index (χ1) is 44.3. The number of carboxylic acids is 4. The number of nitrogens with two attached hydrogens (primary N) is 6. The van der Waals surface area contributed by atoms with Gasteiger partial charge in [-0.3, -0.25) is 48.0 Å². The largest absolute Gasteiger partial charge is 0.759 e. The Morgan fingerprint density at radius 3 is 1.27 bits per heavy atom. The van der Waals surface area contributed by atoms with Crippen LogP contribution in [0.15, 0.2) is 45.2 Å². The minimum atomic E-state index is -5.17. The molecule has 0 aromatic carbocycles. The number of β-lactam (4-membered cyclic amide) rings is 2. The summed E-state index contributed by atoms with van der Waals surface area (Å²) in [5.41, 5.74) is 30.4. The standard InChI is InChI=1S/2C23H30N12O8S2.H2O4S/c2*1-23(2,20(40)41)43-31-11(15-30-21(26)45-32-15)16(36)29-12-17(37)35-13(19(38)39)9(8-44-18(12)35)6-34-7-10(14(25)33(34)3)28-22(42)27-5-4-24;1-5(2,3)4/h2*7,12,18,25H,4-6,8,24H2,1-3H3,(H7,26,27,28,29,30,32,36,38,39,40,41,42);(H2,1,2,3,4)/b2*31-11-;/t2*12-,18-;/m11./s1. The van der Waals surface area contributed by atoms with Gasteiger partial charge in [-0.15, -0.1) is 42.3 Å². The number of rotatable bonds is 24. The number of fused-ring (bicyclic) bond motifs is 2. The second kappa shape index (κ2) is 30.4. The Labute approximate surface area is 551 Å². The highest BCUT2D eigenvalue weighted by Gasteiger charge is 2.57. The van der Waals surface area contributed by atoms with E-state index in [-0.39, 0.29) is 107 Å². The summed E-state index contributed by atoms with van der Waals surface area (Å²) in [5, 5.41) is 59.8. The van der Waals surface area contributed by atoms with Crippen LogP contribution in [0.4, 0.5) is 42.9 Å². The minimum absolute atomic E-state index is 0.00361. The molecule has 4 aromatic heterocycles. The molecule has 4 atom stereocenters. The van der Waals surface area contributed by atoms with Gasteiger partial charge in [-0.2, -0.15) is 18.7 Å².